The number of ether oxygens (including phenoxy) is 2. The molecule has 0 aromatic carbocycles. The van der Waals surface area contributed by atoms with E-state index in [0.29, 0.717) is 5.92 Å². The summed E-state index contributed by atoms with van der Waals surface area (Å²) in [5.41, 5.74) is 0.0263. The Bertz CT molecular complexity index is 183. The van der Waals surface area contributed by atoms with Crippen LogP contribution in [-0.2, 0) is 9.47 Å². The van der Waals surface area contributed by atoms with Gasteiger partial charge in [-0.3, -0.25) is 0 Å². The summed E-state index contributed by atoms with van der Waals surface area (Å²) in [6.07, 6.45) is 6.46. The maximum absolute atomic E-state index is 5.77. The highest BCUT2D eigenvalue weighted by Gasteiger charge is 2.49. The molecule has 1 saturated carbocycles. The molecule has 90 valence electrons. The van der Waals surface area contributed by atoms with Crippen molar-refractivity contribution >= 4 is 0 Å². The van der Waals surface area contributed by atoms with Crippen molar-refractivity contribution in [3.8, 4) is 0 Å². The highest BCUT2D eigenvalue weighted by atomic mass is 16.7. The molecule has 0 amide bonds. The molecule has 0 aromatic rings. The van der Waals surface area contributed by atoms with Crippen molar-refractivity contribution in [3.63, 3.8) is 0 Å². The third-order valence-electron chi connectivity index (χ3n) is 3.79. The number of hydrogen-bond donors (Lipinski definition) is 0. The van der Waals surface area contributed by atoms with Crippen LogP contribution in [0.1, 0.15) is 52.9 Å². The highest BCUT2D eigenvalue weighted by Crippen LogP contribution is 2.45. The lowest BCUT2D eigenvalue weighted by molar-refractivity contribution is -0.298. The van der Waals surface area contributed by atoms with Crippen LogP contribution in [0, 0.1) is 11.3 Å². The second-order valence-corrected chi connectivity index (χ2v) is 5.66. The first-order valence-electron chi connectivity index (χ1n) is 6.08. The summed E-state index contributed by atoms with van der Waals surface area (Å²) in [5, 5.41) is 0. The second-order valence-electron chi connectivity index (χ2n) is 5.66. The summed E-state index contributed by atoms with van der Waals surface area (Å²) in [5.74, 6) is 0.134. The molecule has 0 radical (unpaired) electrons. The molecule has 15 heavy (non-hydrogen) atoms. The van der Waals surface area contributed by atoms with Gasteiger partial charge in [0.15, 0.2) is 5.79 Å². The minimum Gasteiger partial charge on any atom is -0.352 e. The lowest BCUT2D eigenvalue weighted by Crippen LogP contribution is -2.53. The van der Waals surface area contributed by atoms with Crippen molar-refractivity contribution < 1.29 is 9.47 Å². The van der Waals surface area contributed by atoms with Crippen LogP contribution in [0.5, 0.6) is 0 Å². The maximum atomic E-state index is 5.77. The zero-order valence-corrected chi connectivity index (χ0v) is 10.9. The van der Waals surface area contributed by atoms with Gasteiger partial charge in [-0.15, -0.1) is 0 Å². The molecule has 0 aromatic heterocycles. The molecular weight excluding hydrogens is 188 g/mol. The van der Waals surface area contributed by atoms with Gasteiger partial charge in [-0.05, 0) is 12.8 Å². The van der Waals surface area contributed by atoms with Crippen molar-refractivity contribution in [2.45, 2.75) is 58.7 Å². The SMILES string of the molecule is COC(OC)(C1CCCCC1)C(C)(C)C. The first-order valence-corrected chi connectivity index (χ1v) is 6.08. The van der Waals surface area contributed by atoms with Gasteiger partial charge in [0.25, 0.3) is 0 Å². The van der Waals surface area contributed by atoms with Crippen LogP contribution in [0.25, 0.3) is 0 Å². The first-order chi connectivity index (χ1) is 6.98. The number of hydrogen-bond acceptors (Lipinski definition) is 2. The Morgan fingerprint density at radius 1 is 0.867 bits per heavy atom. The van der Waals surface area contributed by atoms with E-state index in [1.54, 1.807) is 14.2 Å². The van der Waals surface area contributed by atoms with Crippen molar-refractivity contribution in [1.29, 1.82) is 0 Å². The van der Waals surface area contributed by atoms with Crippen LogP contribution in [0.2, 0.25) is 0 Å². The molecular formula is C13H26O2. The van der Waals surface area contributed by atoms with E-state index in [0.717, 1.165) is 0 Å². The standard InChI is InChI=1S/C13H26O2/c1-12(2,3)13(14-4,15-5)11-9-7-6-8-10-11/h11H,6-10H2,1-5H3. The molecule has 0 heterocycles. The van der Waals surface area contributed by atoms with Crippen LogP contribution in [0.3, 0.4) is 0 Å². The summed E-state index contributed by atoms with van der Waals surface area (Å²) in [6.45, 7) is 6.61. The average Bonchev–Trinajstić information content (AvgIpc) is 2.20. The molecule has 0 N–H and O–H groups in total. The molecule has 0 aliphatic heterocycles. The summed E-state index contributed by atoms with van der Waals surface area (Å²) in [6, 6.07) is 0. The summed E-state index contributed by atoms with van der Waals surface area (Å²) < 4.78 is 11.5. The van der Waals surface area contributed by atoms with Gasteiger partial charge in [-0.1, -0.05) is 40.0 Å². The molecule has 1 fully saturated rings. The predicted molar refractivity (Wildman–Crippen MR) is 62.8 cm³/mol. The average molecular weight is 214 g/mol. The van der Waals surface area contributed by atoms with Crippen molar-refractivity contribution in [2.24, 2.45) is 11.3 Å². The molecule has 1 rings (SSSR count). The van der Waals surface area contributed by atoms with E-state index in [2.05, 4.69) is 20.8 Å². The van der Waals surface area contributed by atoms with Crippen LogP contribution >= 0.6 is 0 Å². The van der Waals surface area contributed by atoms with E-state index in [1.165, 1.54) is 32.1 Å². The molecule has 0 bridgehead atoms. The Morgan fingerprint density at radius 3 is 1.67 bits per heavy atom. The molecule has 0 spiro atoms. The lowest BCUT2D eigenvalue weighted by atomic mass is 9.71. The lowest BCUT2D eigenvalue weighted by Gasteiger charge is -2.48. The summed E-state index contributed by atoms with van der Waals surface area (Å²) >= 11 is 0. The van der Waals surface area contributed by atoms with Gasteiger partial charge in [-0.25, -0.2) is 0 Å². The third kappa shape index (κ3) is 2.36. The fourth-order valence-electron chi connectivity index (χ4n) is 3.12. The molecule has 0 atom stereocenters. The Hall–Kier alpha value is -0.0800. The Labute approximate surface area is 94.3 Å². The third-order valence-corrected chi connectivity index (χ3v) is 3.79. The zero-order chi connectivity index (χ0) is 11.5. The van der Waals surface area contributed by atoms with Gasteiger partial charge >= 0.3 is 0 Å². The van der Waals surface area contributed by atoms with Gasteiger partial charge in [0.2, 0.25) is 0 Å². The van der Waals surface area contributed by atoms with E-state index in [9.17, 15) is 0 Å². The fourth-order valence-corrected chi connectivity index (χ4v) is 3.12. The second kappa shape index (κ2) is 4.84. The van der Waals surface area contributed by atoms with E-state index in [4.69, 9.17) is 9.47 Å². The molecule has 0 saturated heterocycles. The van der Waals surface area contributed by atoms with Gasteiger partial charge in [-0.2, -0.15) is 0 Å². The maximum Gasteiger partial charge on any atom is 0.175 e. The minimum atomic E-state index is -0.409. The number of methoxy groups -OCH3 is 2. The molecule has 1 aliphatic carbocycles. The molecule has 0 unspecified atom stereocenters. The van der Waals surface area contributed by atoms with Crippen LogP contribution in [-0.4, -0.2) is 20.0 Å². The van der Waals surface area contributed by atoms with E-state index >= 15 is 0 Å². The monoisotopic (exact) mass is 214 g/mol. The Morgan fingerprint density at radius 2 is 1.33 bits per heavy atom. The van der Waals surface area contributed by atoms with Gasteiger partial charge < -0.3 is 9.47 Å². The Kier molecular flexibility index (Phi) is 4.19. The van der Waals surface area contributed by atoms with Crippen LogP contribution < -0.4 is 0 Å². The normalized spacial score (nSPS) is 20.6. The van der Waals surface area contributed by atoms with Crippen LogP contribution in [0.4, 0.5) is 0 Å². The quantitative estimate of drug-likeness (QED) is 0.668. The Balaban J connectivity index is 2.88. The van der Waals surface area contributed by atoms with Gasteiger partial charge in [0.1, 0.15) is 0 Å². The zero-order valence-electron chi connectivity index (χ0n) is 10.9. The van der Waals surface area contributed by atoms with Gasteiger partial charge in [0.05, 0.1) is 0 Å². The van der Waals surface area contributed by atoms with Crippen molar-refractivity contribution in [3.05, 3.63) is 0 Å². The van der Waals surface area contributed by atoms with E-state index in [-0.39, 0.29) is 5.41 Å². The van der Waals surface area contributed by atoms with E-state index < -0.39 is 5.79 Å². The summed E-state index contributed by atoms with van der Waals surface area (Å²) in [7, 11) is 3.56. The fraction of sp³-hybridized carbons (Fsp3) is 1.00. The largest absolute Gasteiger partial charge is 0.352 e. The highest BCUT2D eigenvalue weighted by molar-refractivity contribution is 4.91. The van der Waals surface area contributed by atoms with Gasteiger partial charge in [0, 0.05) is 25.6 Å². The summed E-state index contributed by atoms with van der Waals surface area (Å²) in [4.78, 5) is 0. The molecule has 2 heteroatoms. The predicted octanol–water partition coefficient (Wildman–Crippen LogP) is 3.60. The van der Waals surface area contributed by atoms with E-state index in [1.807, 2.05) is 0 Å². The minimum absolute atomic E-state index is 0.0263. The van der Waals surface area contributed by atoms with Crippen LogP contribution in [0.15, 0.2) is 0 Å². The first kappa shape index (κ1) is 13.0. The number of rotatable bonds is 3. The smallest absolute Gasteiger partial charge is 0.175 e. The molecule has 1 aliphatic rings. The molecule has 2 nitrogen and oxygen atoms in total. The topological polar surface area (TPSA) is 18.5 Å². The van der Waals surface area contributed by atoms with Crippen molar-refractivity contribution in [2.75, 3.05) is 14.2 Å². The van der Waals surface area contributed by atoms with Crippen molar-refractivity contribution in [1.82, 2.24) is 0 Å².